The van der Waals surface area contributed by atoms with Gasteiger partial charge in [0.15, 0.2) is 5.58 Å². The third-order valence-electron chi connectivity index (χ3n) is 3.52. The molecule has 0 fully saturated rings. The Bertz CT molecular complexity index is 1000. The van der Waals surface area contributed by atoms with E-state index in [-0.39, 0.29) is 11.7 Å². The first-order chi connectivity index (χ1) is 11.7. The van der Waals surface area contributed by atoms with Crippen LogP contribution in [0.15, 0.2) is 58.4 Å². The molecule has 2 aromatic heterocycles. The van der Waals surface area contributed by atoms with Crippen molar-refractivity contribution >= 4 is 39.9 Å². The monoisotopic (exact) mass is 339 g/mol. The average molecular weight is 339 g/mol. The summed E-state index contributed by atoms with van der Waals surface area (Å²) in [5.41, 5.74) is 3.24. The summed E-state index contributed by atoms with van der Waals surface area (Å²) in [6, 6.07) is 12.9. The summed E-state index contributed by atoms with van der Waals surface area (Å²) >= 11 is 1.21. The molecule has 2 heterocycles. The van der Waals surface area contributed by atoms with Crippen LogP contribution >= 0.6 is 11.8 Å². The van der Waals surface area contributed by atoms with Gasteiger partial charge in [0.2, 0.25) is 0 Å². The second-order valence-corrected chi connectivity index (χ2v) is 6.14. The van der Waals surface area contributed by atoms with Crippen LogP contribution in [0.4, 0.5) is 0 Å². The quantitative estimate of drug-likeness (QED) is 0.322. The predicted molar refractivity (Wildman–Crippen MR) is 91.1 cm³/mol. The van der Waals surface area contributed by atoms with Crippen molar-refractivity contribution < 1.29 is 13.9 Å². The van der Waals surface area contributed by atoms with Gasteiger partial charge in [-0.25, -0.2) is 9.97 Å². The van der Waals surface area contributed by atoms with Gasteiger partial charge in [-0.1, -0.05) is 23.9 Å². The number of benzene rings is 2. The molecule has 2 aromatic carbocycles. The van der Waals surface area contributed by atoms with Crippen LogP contribution in [0.3, 0.4) is 0 Å². The fourth-order valence-corrected chi connectivity index (χ4v) is 2.99. The van der Waals surface area contributed by atoms with Crippen molar-refractivity contribution in [1.82, 2.24) is 14.5 Å². The number of aromatic nitrogens is 3. The molecule has 0 unspecified atom stereocenters. The molecule has 120 valence electrons. The molecule has 0 bridgehead atoms. The zero-order chi connectivity index (χ0) is 16.5. The molecule has 7 heteroatoms. The van der Waals surface area contributed by atoms with Crippen molar-refractivity contribution in [3.63, 3.8) is 0 Å². The van der Waals surface area contributed by atoms with Gasteiger partial charge < -0.3 is 13.7 Å². The standard InChI is InChI=1S/C17H13N3O3S/c1-20-10-18-13-8-11(6-7-14(13)20)22-16(21)9-24-17-19-12-4-2-3-5-15(12)23-17/h2-8,10H,9H2,1H3. The van der Waals surface area contributed by atoms with Gasteiger partial charge in [-0.15, -0.1) is 0 Å². The van der Waals surface area contributed by atoms with Gasteiger partial charge in [0.25, 0.3) is 5.22 Å². The van der Waals surface area contributed by atoms with Crippen molar-refractivity contribution in [2.45, 2.75) is 5.22 Å². The second-order valence-electron chi connectivity index (χ2n) is 5.22. The Labute approximate surface area is 141 Å². The maximum Gasteiger partial charge on any atom is 0.321 e. The van der Waals surface area contributed by atoms with Gasteiger partial charge >= 0.3 is 5.97 Å². The van der Waals surface area contributed by atoms with Crippen molar-refractivity contribution in [3.05, 3.63) is 48.8 Å². The average Bonchev–Trinajstić information content (AvgIpc) is 3.16. The van der Waals surface area contributed by atoms with E-state index in [9.17, 15) is 4.79 Å². The number of para-hydroxylation sites is 2. The maximum absolute atomic E-state index is 12.0. The summed E-state index contributed by atoms with van der Waals surface area (Å²) in [6.07, 6.45) is 1.72. The zero-order valence-corrected chi connectivity index (χ0v) is 13.6. The summed E-state index contributed by atoms with van der Waals surface area (Å²) in [4.78, 5) is 20.6. The number of nitrogens with zero attached hydrogens (tertiary/aromatic N) is 3. The van der Waals surface area contributed by atoms with E-state index in [1.807, 2.05) is 41.9 Å². The van der Waals surface area contributed by atoms with Crippen LogP contribution in [0, 0.1) is 0 Å². The Morgan fingerprint density at radius 1 is 1.25 bits per heavy atom. The van der Waals surface area contributed by atoms with Crippen LogP contribution in [0.5, 0.6) is 5.75 Å². The number of aryl methyl sites for hydroxylation is 1. The van der Waals surface area contributed by atoms with Crippen molar-refractivity contribution in [3.8, 4) is 5.75 Å². The van der Waals surface area contributed by atoms with Crippen LogP contribution in [-0.2, 0) is 11.8 Å². The smallest absolute Gasteiger partial charge is 0.321 e. The SMILES string of the molecule is Cn1cnc2cc(OC(=O)CSc3nc4ccccc4o3)ccc21. The number of esters is 1. The number of thioether (sulfide) groups is 1. The minimum atomic E-state index is -0.363. The van der Waals surface area contributed by atoms with Gasteiger partial charge in [0.1, 0.15) is 17.0 Å². The molecule has 0 aliphatic heterocycles. The minimum Gasteiger partial charge on any atom is -0.431 e. The van der Waals surface area contributed by atoms with E-state index in [0.717, 1.165) is 16.6 Å². The predicted octanol–water partition coefficient (Wildman–Crippen LogP) is 3.41. The van der Waals surface area contributed by atoms with Crippen LogP contribution in [0.25, 0.3) is 22.1 Å². The number of imidazole rings is 1. The number of carbonyl (C=O) groups excluding carboxylic acids is 1. The molecule has 0 saturated heterocycles. The first-order valence-corrected chi connectivity index (χ1v) is 8.28. The zero-order valence-electron chi connectivity index (χ0n) is 12.8. The van der Waals surface area contributed by atoms with E-state index in [1.165, 1.54) is 11.8 Å². The number of rotatable bonds is 4. The molecule has 4 aromatic rings. The lowest BCUT2D eigenvalue weighted by molar-refractivity contribution is -0.131. The highest BCUT2D eigenvalue weighted by atomic mass is 32.2. The van der Waals surface area contributed by atoms with E-state index in [0.29, 0.717) is 16.6 Å². The largest absolute Gasteiger partial charge is 0.431 e. The number of hydrogen-bond donors (Lipinski definition) is 0. The molecule has 0 amide bonds. The second kappa shape index (κ2) is 6.01. The van der Waals surface area contributed by atoms with E-state index in [2.05, 4.69) is 9.97 Å². The van der Waals surface area contributed by atoms with Crippen LogP contribution in [-0.4, -0.2) is 26.3 Å². The molecule has 6 nitrogen and oxygen atoms in total. The normalized spacial score (nSPS) is 11.2. The van der Waals surface area contributed by atoms with Gasteiger partial charge in [0.05, 0.1) is 17.4 Å². The number of fused-ring (bicyclic) bond motifs is 2. The molecule has 0 spiro atoms. The fraction of sp³-hybridized carbons (Fsp3) is 0.118. The molecule has 0 aliphatic carbocycles. The van der Waals surface area contributed by atoms with Crippen LogP contribution < -0.4 is 4.74 Å². The Balaban J connectivity index is 1.41. The third-order valence-corrected chi connectivity index (χ3v) is 4.32. The van der Waals surface area contributed by atoms with Gasteiger partial charge in [0, 0.05) is 13.1 Å². The molecule has 0 aliphatic rings. The summed E-state index contributed by atoms with van der Waals surface area (Å²) in [5, 5.41) is 0.452. The van der Waals surface area contributed by atoms with E-state index in [1.54, 1.807) is 18.5 Å². The molecule has 0 radical (unpaired) electrons. The number of ether oxygens (including phenoxy) is 1. The summed E-state index contributed by atoms with van der Waals surface area (Å²) < 4.78 is 12.8. The highest BCUT2D eigenvalue weighted by Gasteiger charge is 2.11. The third kappa shape index (κ3) is 2.85. The van der Waals surface area contributed by atoms with Crippen molar-refractivity contribution in [2.24, 2.45) is 7.05 Å². The highest BCUT2D eigenvalue weighted by Crippen LogP contribution is 2.24. The van der Waals surface area contributed by atoms with Gasteiger partial charge in [-0.2, -0.15) is 0 Å². The molecule has 24 heavy (non-hydrogen) atoms. The van der Waals surface area contributed by atoms with Crippen LogP contribution in [0.2, 0.25) is 0 Å². The number of oxazole rings is 1. The Morgan fingerprint density at radius 2 is 2.12 bits per heavy atom. The lowest BCUT2D eigenvalue weighted by atomic mass is 10.3. The molecular formula is C17H13N3O3S. The van der Waals surface area contributed by atoms with Crippen molar-refractivity contribution in [2.75, 3.05) is 5.75 Å². The molecular weight excluding hydrogens is 326 g/mol. The highest BCUT2D eigenvalue weighted by molar-refractivity contribution is 7.99. The lowest BCUT2D eigenvalue weighted by Crippen LogP contribution is -2.10. The van der Waals surface area contributed by atoms with E-state index in [4.69, 9.17) is 9.15 Å². The summed E-state index contributed by atoms with van der Waals surface area (Å²) in [7, 11) is 1.91. The van der Waals surface area contributed by atoms with Gasteiger partial charge in [-0.05, 0) is 24.3 Å². The molecule has 0 N–H and O–H groups in total. The summed E-state index contributed by atoms with van der Waals surface area (Å²) in [6.45, 7) is 0. The Kier molecular flexibility index (Phi) is 3.70. The topological polar surface area (TPSA) is 70.2 Å². The maximum atomic E-state index is 12.0. The van der Waals surface area contributed by atoms with Gasteiger partial charge in [-0.3, -0.25) is 4.79 Å². The lowest BCUT2D eigenvalue weighted by Gasteiger charge is -2.03. The number of carbonyl (C=O) groups is 1. The first kappa shape index (κ1) is 14.8. The first-order valence-electron chi connectivity index (χ1n) is 7.29. The Hall–Kier alpha value is -2.80. The van der Waals surface area contributed by atoms with Crippen LogP contribution in [0.1, 0.15) is 0 Å². The molecule has 0 saturated carbocycles. The van der Waals surface area contributed by atoms with E-state index >= 15 is 0 Å². The Morgan fingerprint density at radius 3 is 3.00 bits per heavy atom. The van der Waals surface area contributed by atoms with Crippen molar-refractivity contribution in [1.29, 1.82) is 0 Å². The molecule has 4 rings (SSSR count). The fourth-order valence-electron chi connectivity index (χ4n) is 2.37. The number of hydrogen-bond acceptors (Lipinski definition) is 6. The molecule has 0 atom stereocenters. The minimum absolute atomic E-state index is 0.118. The summed E-state index contributed by atoms with van der Waals surface area (Å²) in [5.74, 6) is 0.231. The van der Waals surface area contributed by atoms with E-state index < -0.39 is 0 Å².